The van der Waals surface area contributed by atoms with Gasteiger partial charge in [-0.25, -0.2) is 8.78 Å². The molecule has 94 valence electrons. The van der Waals surface area contributed by atoms with Crippen LogP contribution in [0.3, 0.4) is 0 Å². The van der Waals surface area contributed by atoms with E-state index in [1.807, 2.05) is 0 Å². The summed E-state index contributed by atoms with van der Waals surface area (Å²) >= 11 is 0. The molecular weight excluding hydrogens is 226 g/mol. The van der Waals surface area contributed by atoms with Crippen LogP contribution in [0, 0.1) is 18.6 Å². The van der Waals surface area contributed by atoms with Crippen molar-refractivity contribution in [1.29, 1.82) is 0 Å². The summed E-state index contributed by atoms with van der Waals surface area (Å²) in [6, 6.07) is 2.42. The van der Waals surface area contributed by atoms with Gasteiger partial charge in [-0.2, -0.15) is 0 Å². The van der Waals surface area contributed by atoms with Crippen molar-refractivity contribution in [1.82, 2.24) is 0 Å². The fourth-order valence-electron chi connectivity index (χ4n) is 1.68. The van der Waals surface area contributed by atoms with Gasteiger partial charge in [0.05, 0.1) is 0 Å². The van der Waals surface area contributed by atoms with Gasteiger partial charge in [-0.15, -0.1) is 0 Å². The number of hydrogen-bond donors (Lipinski definition) is 1. The Kier molecular flexibility index (Phi) is 5.07. The molecule has 0 atom stereocenters. The van der Waals surface area contributed by atoms with Crippen molar-refractivity contribution in [2.45, 2.75) is 39.0 Å². The molecule has 1 N–H and O–H groups in total. The highest BCUT2D eigenvalue weighted by atomic mass is 19.1. The van der Waals surface area contributed by atoms with Crippen LogP contribution >= 0.6 is 0 Å². The Labute approximate surface area is 99.3 Å². The first kappa shape index (κ1) is 13.6. The van der Waals surface area contributed by atoms with Gasteiger partial charge in [0.1, 0.15) is 11.6 Å². The van der Waals surface area contributed by atoms with Crippen LogP contribution in [0.15, 0.2) is 12.1 Å². The molecule has 0 spiro atoms. The largest absolute Gasteiger partial charge is 0.481 e. The average molecular weight is 242 g/mol. The minimum absolute atomic E-state index is 0.144. The van der Waals surface area contributed by atoms with E-state index in [0.29, 0.717) is 24.0 Å². The summed E-state index contributed by atoms with van der Waals surface area (Å²) in [5.41, 5.74) is 0.936. The van der Waals surface area contributed by atoms with Crippen molar-refractivity contribution in [2.24, 2.45) is 0 Å². The minimum Gasteiger partial charge on any atom is -0.481 e. The molecule has 1 aromatic rings. The van der Waals surface area contributed by atoms with Crippen molar-refractivity contribution >= 4 is 5.97 Å². The second kappa shape index (κ2) is 6.33. The second-order valence-corrected chi connectivity index (χ2v) is 4.15. The Bertz CT molecular complexity index is 403. The molecule has 0 aliphatic rings. The van der Waals surface area contributed by atoms with E-state index < -0.39 is 17.6 Å². The van der Waals surface area contributed by atoms with E-state index in [2.05, 4.69) is 0 Å². The summed E-state index contributed by atoms with van der Waals surface area (Å²) in [6.07, 6.45) is 2.71. The molecule has 0 bridgehead atoms. The third kappa shape index (κ3) is 4.51. The Balaban J connectivity index is 2.41. The Morgan fingerprint density at radius 2 is 1.88 bits per heavy atom. The van der Waals surface area contributed by atoms with Crippen LogP contribution in [0.1, 0.15) is 36.8 Å². The fourth-order valence-corrected chi connectivity index (χ4v) is 1.68. The Morgan fingerprint density at radius 3 is 2.53 bits per heavy atom. The van der Waals surface area contributed by atoms with E-state index in [1.54, 1.807) is 6.92 Å². The normalized spacial score (nSPS) is 10.5. The smallest absolute Gasteiger partial charge is 0.303 e. The van der Waals surface area contributed by atoms with E-state index in [4.69, 9.17) is 5.11 Å². The van der Waals surface area contributed by atoms with Gasteiger partial charge in [0.25, 0.3) is 0 Å². The molecule has 2 nitrogen and oxygen atoms in total. The van der Waals surface area contributed by atoms with Crippen molar-refractivity contribution in [2.75, 3.05) is 0 Å². The lowest BCUT2D eigenvalue weighted by Crippen LogP contribution is -1.97. The number of unbranched alkanes of at least 4 members (excludes halogenated alkanes) is 2. The zero-order valence-electron chi connectivity index (χ0n) is 9.80. The zero-order valence-corrected chi connectivity index (χ0v) is 9.80. The SMILES string of the molecule is Cc1cc(CCCCCC(=O)O)c(F)cc1F. The monoisotopic (exact) mass is 242 g/mol. The predicted molar refractivity (Wildman–Crippen MR) is 60.9 cm³/mol. The van der Waals surface area contributed by atoms with Crippen LogP contribution in [0.25, 0.3) is 0 Å². The standard InChI is InChI=1S/C13H16F2O2/c1-9-7-10(12(15)8-11(9)14)5-3-2-4-6-13(16)17/h7-8H,2-6H2,1H3,(H,16,17). The summed E-state index contributed by atoms with van der Waals surface area (Å²) in [5.74, 6) is -1.86. The van der Waals surface area contributed by atoms with Crippen LogP contribution in [-0.4, -0.2) is 11.1 Å². The first-order valence-electron chi connectivity index (χ1n) is 5.67. The molecule has 1 rings (SSSR count). The number of rotatable bonds is 6. The molecule has 0 radical (unpaired) electrons. The number of hydrogen-bond acceptors (Lipinski definition) is 1. The molecule has 1 aromatic carbocycles. The fraction of sp³-hybridized carbons (Fsp3) is 0.462. The topological polar surface area (TPSA) is 37.3 Å². The summed E-state index contributed by atoms with van der Waals surface area (Å²) in [7, 11) is 0. The van der Waals surface area contributed by atoms with Gasteiger partial charge < -0.3 is 5.11 Å². The summed E-state index contributed by atoms with van der Waals surface area (Å²) in [5, 5.41) is 8.44. The molecule has 0 fully saturated rings. The molecular formula is C13H16F2O2. The maximum absolute atomic E-state index is 13.3. The van der Waals surface area contributed by atoms with Crippen LogP contribution in [0.5, 0.6) is 0 Å². The first-order valence-corrected chi connectivity index (χ1v) is 5.67. The van der Waals surface area contributed by atoms with Crippen molar-refractivity contribution < 1.29 is 18.7 Å². The van der Waals surface area contributed by atoms with Gasteiger partial charge in [-0.1, -0.05) is 12.5 Å². The van der Waals surface area contributed by atoms with Crippen molar-refractivity contribution in [3.8, 4) is 0 Å². The van der Waals surface area contributed by atoms with Crippen LogP contribution < -0.4 is 0 Å². The third-order valence-corrected chi connectivity index (χ3v) is 2.66. The third-order valence-electron chi connectivity index (χ3n) is 2.66. The predicted octanol–water partition coefficient (Wildman–Crippen LogP) is 3.46. The molecule has 0 amide bonds. The average Bonchev–Trinajstić information content (AvgIpc) is 2.24. The van der Waals surface area contributed by atoms with E-state index in [1.165, 1.54) is 6.07 Å². The molecule has 0 aliphatic carbocycles. The molecule has 0 unspecified atom stereocenters. The van der Waals surface area contributed by atoms with Gasteiger partial charge in [-0.3, -0.25) is 4.79 Å². The number of carbonyl (C=O) groups is 1. The maximum atomic E-state index is 13.3. The highest BCUT2D eigenvalue weighted by molar-refractivity contribution is 5.66. The molecule has 0 aromatic heterocycles. The molecule has 17 heavy (non-hydrogen) atoms. The lowest BCUT2D eigenvalue weighted by atomic mass is 10.0. The lowest BCUT2D eigenvalue weighted by molar-refractivity contribution is -0.137. The van der Waals surface area contributed by atoms with Crippen molar-refractivity contribution in [3.63, 3.8) is 0 Å². The number of carboxylic acid groups (broad SMARTS) is 1. The number of carboxylic acids is 1. The number of halogens is 2. The van der Waals surface area contributed by atoms with Crippen molar-refractivity contribution in [3.05, 3.63) is 34.9 Å². The van der Waals surface area contributed by atoms with Gasteiger partial charge >= 0.3 is 5.97 Å². The molecule has 0 saturated carbocycles. The Morgan fingerprint density at radius 1 is 1.18 bits per heavy atom. The molecule has 0 saturated heterocycles. The van der Waals surface area contributed by atoms with Crippen LogP contribution in [0.4, 0.5) is 8.78 Å². The summed E-state index contributed by atoms with van der Waals surface area (Å²) in [4.78, 5) is 10.3. The number of aryl methyl sites for hydroxylation is 2. The lowest BCUT2D eigenvalue weighted by Gasteiger charge is -2.05. The van der Waals surface area contributed by atoms with Gasteiger partial charge in [0.2, 0.25) is 0 Å². The zero-order chi connectivity index (χ0) is 12.8. The first-order chi connectivity index (χ1) is 8.00. The minimum atomic E-state index is -0.811. The molecule has 0 heterocycles. The quantitative estimate of drug-likeness (QED) is 0.775. The maximum Gasteiger partial charge on any atom is 0.303 e. The van der Waals surface area contributed by atoms with Crippen LogP contribution in [0.2, 0.25) is 0 Å². The second-order valence-electron chi connectivity index (χ2n) is 4.15. The van der Waals surface area contributed by atoms with E-state index in [0.717, 1.165) is 18.9 Å². The Hall–Kier alpha value is -1.45. The number of aliphatic carboxylic acids is 1. The molecule has 0 aliphatic heterocycles. The van der Waals surface area contributed by atoms with Gasteiger partial charge in [0.15, 0.2) is 0 Å². The van der Waals surface area contributed by atoms with E-state index in [-0.39, 0.29) is 6.42 Å². The highest BCUT2D eigenvalue weighted by Gasteiger charge is 2.07. The van der Waals surface area contributed by atoms with Gasteiger partial charge in [0, 0.05) is 12.5 Å². The number of benzene rings is 1. The van der Waals surface area contributed by atoms with Gasteiger partial charge in [-0.05, 0) is 37.3 Å². The molecule has 4 heteroatoms. The summed E-state index contributed by atoms with van der Waals surface area (Å²) in [6.45, 7) is 1.60. The van der Waals surface area contributed by atoms with E-state index in [9.17, 15) is 13.6 Å². The summed E-state index contributed by atoms with van der Waals surface area (Å²) < 4.78 is 26.3. The highest BCUT2D eigenvalue weighted by Crippen LogP contribution is 2.16. The van der Waals surface area contributed by atoms with Crippen LogP contribution in [-0.2, 0) is 11.2 Å². The van der Waals surface area contributed by atoms with E-state index >= 15 is 0 Å².